The third-order valence-electron chi connectivity index (χ3n) is 1.97. The lowest BCUT2D eigenvalue weighted by molar-refractivity contribution is -0.114. The molecule has 0 bridgehead atoms. The summed E-state index contributed by atoms with van der Waals surface area (Å²) in [6.45, 7) is 7.64. The van der Waals surface area contributed by atoms with Crippen molar-refractivity contribution in [1.82, 2.24) is 4.98 Å². The first-order valence-corrected chi connectivity index (χ1v) is 5.12. The number of amides is 1. The number of carbonyl (C=O) groups is 1. The maximum Gasteiger partial charge on any atom is 0.222 e. The lowest BCUT2D eigenvalue weighted by atomic mass is 9.87. The van der Waals surface area contributed by atoms with Gasteiger partial charge in [0.05, 0.1) is 5.02 Å². The van der Waals surface area contributed by atoms with Crippen LogP contribution in [0, 0.1) is 0 Å². The van der Waals surface area contributed by atoms with Gasteiger partial charge in [0, 0.05) is 13.1 Å². The first-order valence-electron chi connectivity index (χ1n) is 4.74. The van der Waals surface area contributed by atoms with Crippen LogP contribution in [0.4, 0.5) is 5.82 Å². The van der Waals surface area contributed by atoms with Crippen molar-refractivity contribution in [2.75, 3.05) is 5.32 Å². The number of hydrogen-bond acceptors (Lipinski definition) is 2. The third-order valence-corrected chi connectivity index (χ3v) is 2.27. The number of hydrogen-bond donors (Lipinski definition) is 1. The Morgan fingerprint density at radius 3 is 2.53 bits per heavy atom. The SMILES string of the molecule is CC(=O)Nc1cc(C(C)(C)C)c(Cl)cn1. The predicted octanol–water partition coefficient (Wildman–Crippen LogP) is 2.99. The second-order valence-electron chi connectivity index (χ2n) is 4.48. The summed E-state index contributed by atoms with van der Waals surface area (Å²) in [5.74, 6) is 0.404. The number of anilines is 1. The highest BCUT2D eigenvalue weighted by Gasteiger charge is 2.18. The molecular weight excluding hydrogens is 212 g/mol. The molecule has 0 aliphatic carbocycles. The van der Waals surface area contributed by atoms with E-state index in [1.165, 1.54) is 6.92 Å². The van der Waals surface area contributed by atoms with Crippen LogP contribution in [0.2, 0.25) is 5.02 Å². The zero-order valence-electron chi connectivity index (χ0n) is 9.39. The van der Waals surface area contributed by atoms with E-state index in [1.807, 2.05) is 6.07 Å². The standard InChI is InChI=1S/C11H15ClN2O/c1-7(15)14-10-5-8(11(2,3)4)9(12)6-13-10/h5-6H,1-4H3,(H,13,14,15). The fourth-order valence-corrected chi connectivity index (χ4v) is 1.65. The van der Waals surface area contributed by atoms with E-state index in [4.69, 9.17) is 11.6 Å². The zero-order valence-corrected chi connectivity index (χ0v) is 10.1. The van der Waals surface area contributed by atoms with Crippen LogP contribution < -0.4 is 5.32 Å². The molecule has 0 aliphatic heterocycles. The summed E-state index contributed by atoms with van der Waals surface area (Å²) in [5, 5.41) is 3.26. The van der Waals surface area contributed by atoms with Crippen molar-refractivity contribution >= 4 is 23.3 Å². The number of rotatable bonds is 1. The van der Waals surface area contributed by atoms with Gasteiger partial charge in [-0.1, -0.05) is 32.4 Å². The van der Waals surface area contributed by atoms with E-state index in [0.717, 1.165) is 5.56 Å². The molecule has 1 rings (SSSR count). The van der Waals surface area contributed by atoms with Crippen molar-refractivity contribution in [2.45, 2.75) is 33.1 Å². The average molecular weight is 227 g/mol. The third kappa shape index (κ3) is 3.20. The van der Waals surface area contributed by atoms with Crippen LogP contribution in [-0.2, 0) is 10.2 Å². The van der Waals surface area contributed by atoms with Crippen molar-refractivity contribution in [3.8, 4) is 0 Å². The topological polar surface area (TPSA) is 42.0 Å². The normalized spacial score (nSPS) is 11.3. The highest BCUT2D eigenvalue weighted by molar-refractivity contribution is 6.31. The van der Waals surface area contributed by atoms with Gasteiger partial charge in [-0.05, 0) is 17.0 Å². The smallest absolute Gasteiger partial charge is 0.222 e. The zero-order chi connectivity index (χ0) is 11.6. The van der Waals surface area contributed by atoms with E-state index in [9.17, 15) is 4.79 Å². The van der Waals surface area contributed by atoms with Crippen molar-refractivity contribution in [1.29, 1.82) is 0 Å². The van der Waals surface area contributed by atoms with Gasteiger partial charge in [-0.25, -0.2) is 4.98 Å². The Morgan fingerprint density at radius 2 is 2.07 bits per heavy atom. The van der Waals surface area contributed by atoms with Gasteiger partial charge in [0.25, 0.3) is 0 Å². The highest BCUT2D eigenvalue weighted by atomic mass is 35.5. The summed E-state index contributed by atoms with van der Waals surface area (Å²) in [5.41, 5.74) is 0.913. The number of nitrogens with zero attached hydrogens (tertiary/aromatic N) is 1. The molecule has 82 valence electrons. The summed E-state index contributed by atoms with van der Waals surface area (Å²) in [7, 11) is 0. The number of nitrogens with one attached hydrogen (secondary N) is 1. The fourth-order valence-electron chi connectivity index (χ4n) is 1.26. The van der Waals surface area contributed by atoms with Crippen LogP contribution in [-0.4, -0.2) is 10.9 Å². The molecule has 0 spiro atoms. The van der Waals surface area contributed by atoms with E-state index in [-0.39, 0.29) is 11.3 Å². The summed E-state index contributed by atoms with van der Waals surface area (Å²) in [6, 6.07) is 1.81. The minimum Gasteiger partial charge on any atom is -0.311 e. The van der Waals surface area contributed by atoms with E-state index < -0.39 is 0 Å². The summed E-state index contributed by atoms with van der Waals surface area (Å²) in [4.78, 5) is 14.9. The molecule has 1 heterocycles. The van der Waals surface area contributed by atoms with Gasteiger partial charge in [0.1, 0.15) is 5.82 Å². The van der Waals surface area contributed by atoms with Gasteiger partial charge in [-0.3, -0.25) is 4.79 Å². The number of pyridine rings is 1. The van der Waals surface area contributed by atoms with Crippen LogP contribution in [0.5, 0.6) is 0 Å². The molecule has 0 radical (unpaired) electrons. The quantitative estimate of drug-likeness (QED) is 0.800. The minimum absolute atomic E-state index is 0.0623. The van der Waals surface area contributed by atoms with Crippen LogP contribution in [0.25, 0.3) is 0 Å². The van der Waals surface area contributed by atoms with E-state index in [0.29, 0.717) is 10.8 Å². The van der Waals surface area contributed by atoms with E-state index in [1.54, 1.807) is 6.20 Å². The number of carbonyl (C=O) groups excluding carboxylic acids is 1. The van der Waals surface area contributed by atoms with E-state index in [2.05, 4.69) is 31.1 Å². The van der Waals surface area contributed by atoms with Crippen molar-refractivity contribution in [3.63, 3.8) is 0 Å². The molecular formula is C11H15ClN2O. The molecule has 0 saturated heterocycles. The molecule has 1 aromatic heterocycles. The van der Waals surface area contributed by atoms with Crippen LogP contribution >= 0.6 is 11.6 Å². The minimum atomic E-state index is -0.135. The average Bonchev–Trinajstić information content (AvgIpc) is 2.05. The van der Waals surface area contributed by atoms with Crippen molar-refractivity contribution in [2.24, 2.45) is 0 Å². The molecule has 0 aliphatic rings. The van der Waals surface area contributed by atoms with Crippen molar-refractivity contribution in [3.05, 3.63) is 22.8 Å². The highest BCUT2D eigenvalue weighted by Crippen LogP contribution is 2.30. The molecule has 15 heavy (non-hydrogen) atoms. The molecule has 0 fully saturated rings. The van der Waals surface area contributed by atoms with Gasteiger partial charge in [-0.2, -0.15) is 0 Å². The second kappa shape index (κ2) is 4.19. The summed E-state index contributed by atoms with van der Waals surface area (Å²) >= 11 is 6.04. The van der Waals surface area contributed by atoms with Gasteiger partial charge in [0.2, 0.25) is 5.91 Å². The summed E-state index contributed by atoms with van der Waals surface area (Å²) in [6.07, 6.45) is 1.56. The molecule has 4 heteroatoms. The van der Waals surface area contributed by atoms with Crippen LogP contribution in [0.15, 0.2) is 12.3 Å². The lowest BCUT2D eigenvalue weighted by Gasteiger charge is -2.20. The van der Waals surface area contributed by atoms with Crippen LogP contribution in [0.1, 0.15) is 33.3 Å². The Hall–Kier alpha value is -1.09. The van der Waals surface area contributed by atoms with E-state index >= 15 is 0 Å². The maximum absolute atomic E-state index is 10.9. The van der Waals surface area contributed by atoms with Gasteiger partial charge in [0.15, 0.2) is 0 Å². The lowest BCUT2D eigenvalue weighted by Crippen LogP contribution is -2.14. The Labute approximate surface area is 94.9 Å². The molecule has 1 N–H and O–H groups in total. The first-order chi connectivity index (χ1) is 6.80. The monoisotopic (exact) mass is 226 g/mol. The molecule has 1 aromatic rings. The van der Waals surface area contributed by atoms with Gasteiger partial charge in [-0.15, -0.1) is 0 Å². The van der Waals surface area contributed by atoms with Gasteiger partial charge >= 0.3 is 0 Å². The predicted molar refractivity (Wildman–Crippen MR) is 62.3 cm³/mol. The van der Waals surface area contributed by atoms with Crippen molar-refractivity contribution < 1.29 is 4.79 Å². The Morgan fingerprint density at radius 1 is 1.47 bits per heavy atom. The molecule has 0 atom stereocenters. The Bertz CT molecular complexity index is 383. The molecule has 0 unspecified atom stereocenters. The van der Waals surface area contributed by atoms with Gasteiger partial charge < -0.3 is 5.32 Å². The number of aromatic nitrogens is 1. The number of halogens is 1. The molecule has 0 saturated carbocycles. The Balaban J connectivity index is 3.11. The summed E-state index contributed by atoms with van der Waals surface area (Å²) < 4.78 is 0. The first kappa shape index (κ1) is 12.0. The molecule has 3 nitrogen and oxygen atoms in total. The molecule has 1 amide bonds. The second-order valence-corrected chi connectivity index (χ2v) is 4.89. The largest absolute Gasteiger partial charge is 0.311 e. The fraction of sp³-hybridized carbons (Fsp3) is 0.455. The maximum atomic E-state index is 10.9. The molecule has 0 aromatic carbocycles. The van der Waals surface area contributed by atoms with Crippen LogP contribution in [0.3, 0.4) is 0 Å². The Kier molecular flexibility index (Phi) is 3.35.